The van der Waals surface area contributed by atoms with E-state index in [0.29, 0.717) is 17.0 Å². The maximum Gasteiger partial charge on any atom is 0.263 e. The van der Waals surface area contributed by atoms with Gasteiger partial charge >= 0.3 is 0 Å². The van der Waals surface area contributed by atoms with Crippen LogP contribution in [0.5, 0.6) is 11.5 Å². The number of anilines is 1. The average molecular weight is 481 g/mol. The molecule has 1 aliphatic rings. The molecule has 0 spiro atoms. The van der Waals surface area contributed by atoms with E-state index in [1.54, 1.807) is 48.5 Å². The Labute approximate surface area is 200 Å². The number of nitrogens with zero attached hydrogens (tertiary/aromatic N) is 1. The molecule has 7 nitrogen and oxygen atoms in total. The highest BCUT2D eigenvalue weighted by molar-refractivity contribution is 7.92. The molecule has 1 atom stereocenters. The van der Waals surface area contributed by atoms with Gasteiger partial charge in [0.2, 0.25) is 10.0 Å². The van der Waals surface area contributed by atoms with Crippen LogP contribution in [0, 0.1) is 13.8 Å². The summed E-state index contributed by atoms with van der Waals surface area (Å²) in [6, 6.07) is 21.7. The van der Waals surface area contributed by atoms with Crippen molar-refractivity contribution < 1.29 is 22.7 Å². The summed E-state index contributed by atoms with van der Waals surface area (Å²) < 4.78 is 39.4. The van der Waals surface area contributed by atoms with Crippen LogP contribution in [0.1, 0.15) is 16.7 Å². The Morgan fingerprint density at radius 1 is 1.03 bits per heavy atom. The summed E-state index contributed by atoms with van der Waals surface area (Å²) in [5.74, 6) is 0.536. The van der Waals surface area contributed by atoms with Gasteiger partial charge in [0.1, 0.15) is 18.1 Å². The number of fused-ring (bicyclic) bond motifs is 1. The first-order valence-corrected chi connectivity index (χ1v) is 12.7. The van der Waals surface area contributed by atoms with Gasteiger partial charge < -0.3 is 14.8 Å². The molecule has 178 valence electrons. The monoisotopic (exact) mass is 480 g/mol. The van der Waals surface area contributed by atoms with Gasteiger partial charge in [-0.1, -0.05) is 48.5 Å². The number of aryl methyl sites for hydroxylation is 2. The van der Waals surface area contributed by atoms with Gasteiger partial charge in [-0.05, 0) is 54.8 Å². The fourth-order valence-electron chi connectivity index (χ4n) is 3.73. The minimum absolute atomic E-state index is 0.101. The molecule has 1 heterocycles. The molecule has 0 radical (unpaired) electrons. The molecule has 1 aliphatic heterocycles. The standard InChI is InChI=1S/C26H28N2O5S/c1-19-12-13-22(16-20(19)2)32-15-14-27-26(29)25-17-28(23-10-6-7-11-24(23)33-25)34(30,31)18-21-8-4-3-5-9-21/h3-13,16,25H,14-15,17-18H2,1-2H3,(H,27,29)/t25-/m0/s1. The summed E-state index contributed by atoms with van der Waals surface area (Å²) in [5, 5.41) is 2.79. The van der Waals surface area contributed by atoms with Crippen LogP contribution in [0.4, 0.5) is 5.69 Å². The normalized spacial score (nSPS) is 15.2. The number of carbonyl (C=O) groups is 1. The molecule has 0 aliphatic carbocycles. The van der Waals surface area contributed by atoms with E-state index in [0.717, 1.165) is 11.3 Å². The van der Waals surface area contributed by atoms with Crippen molar-refractivity contribution in [1.29, 1.82) is 0 Å². The van der Waals surface area contributed by atoms with E-state index in [-0.39, 0.29) is 25.4 Å². The van der Waals surface area contributed by atoms with E-state index in [9.17, 15) is 13.2 Å². The number of hydrogen-bond donors (Lipinski definition) is 1. The zero-order valence-corrected chi connectivity index (χ0v) is 20.0. The van der Waals surface area contributed by atoms with E-state index >= 15 is 0 Å². The lowest BCUT2D eigenvalue weighted by Crippen LogP contribution is -2.51. The van der Waals surface area contributed by atoms with Crippen LogP contribution in [0.2, 0.25) is 0 Å². The van der Waals surface area contributed by atoms with E-state index in [1.807, 2.05) is 38.1 Å². The molecular weight excluding hydrogens is 452 g/mol. The Hall–Kier alpha value is -3.52. The zero-order chi connectivity index (χ0) is 24.1. The van der Waals surface area contributed by atoms with Crippen molar-refractivity contribution in [2.75, 3.05) is 24.0 Å². The van der Waals surface area contributed by atoms with Gasteiger partial charge in [-0.25, -0.2) is 8.42 Å². The molecule has 3 aromatic carbocycles. The summed E-state index contributed by atoms with van der Waals surface area (Å²) in [5.41, 5.74) is 3.42. The quantitative estimate of drug-likeness (QED) is 0.498. The van der Waals surface area contributed by atoms with Crippen molar-refractivity contribution in [2.24, 2.45) is 0 Å². The van der Waals surface area contributed by atoms with Gasteiger partial charge in [0.15, 0.2) is 6.10 Å². The number of para-hydroxylation sites is 2. The lowest BCUT2D eigenvalue weighted by molar-refractivity contribution is -0.127. The van der Waals surface area contributed by atoms with Gasteiger partial charge in [0.25, 0.3) is 5.91 Å². The molecule has 0 fully saturated rings. The smallest absolute Gasteiger partial charge is 0.263 e. The van der Waals surface area contributed by atoms with Gasteiger partial charge in [-0.15, -0.1) is 0 Å². The van der Waals surface area contributed by atoms with E-state index < -0.39 is 22.0 Å². The van der Waals surface area contributed by atoms with Crippen molar-refractivity contribution in [1.82, 2.24) is 5.32 Å². The third-order valence-electron chi connectivity index (χ3n) is 5.70. The molecule has 0 saturated carbocycles. The molecule has 1 N–H and O–H groups in total. The third-order valence-corrected chi connectivity index (χ3v) is 7.42. The molecule has 0 saturated heterocycles. The molecule has 34 heavy (non-hydrogen) atoms. The predicted octanol–water partition coefficient (Wildman–Crippen LogP) is 3.60. The summed E-state index contributed by atoms with van der Waals surface area (Å²) >= 11 is 0. The van der Waals surface area contributed by atoms with Gasteiger partial charge in [-0.2, -0.15) is 0 Å². The number of hydrogen-bond acceptors (Lipinski definition) is 5. The number of carbonyl (C=O) groups excluding carboxylic acids is 1. The summed E-state index contributed by atoms with van der Waals surface area (Å²) in [6.07, 6.45) is -0.970. The SMILES string of the molecule is Cc1ccc(OCCNC(=O)[C@@H]2CN(S(=O)(=O)Cc3ccccc3)c3ccccc3O2)cc1C. The topological polar surface area (TPSA) is 84.9 Å². The highest BCUT2D eigenvalue weighted by Gasteiger charge is 2.36. The summed E-state index contributed by atoms with van der Waals surface area (Å²) in [6.45, 7) is 4.50. The summed E-state index contributed by atoms with van der Waals surface area (Å²) in [7, 11) is -3.74. The average Bonchev–Trinajstić information content (AvgIpc) is 2.83. The predicted molar refractivity (Wildman–Crippen MR) is 132 cm³/mol. The Morgan fingerprint density at radius 2 is 1.76 bits per heavy atom. The van der Waals surface area contributed by atoms with Crippen LogP contribution in [-0.4, -0.2) is 40.1 Å². The largest absolute Gasteiger partial charge is 0.492 e. The first-order chi connectivity index (χ1) is 16.3. The number of rotatable bonds is 8. The Balaban J connectivity index is 1.41. The molecular formula is C26H28N2O5S. The minimum Gasteiger partial charge on any atom is -0.492 e. The van der Waals surface area contributed by atoms with Crippen LogP contribution in [0.3, 0.4) is 0 Å². The lowest BCUT2D eigenvalue weighted by Gasteiger charge is -2.34. The minimum atomic E-state index is -3.74. The number of ether oxygens (including phenoxy) is 2. The zero-order valence-electron chi connectivity index (χ0n) is 19.2. The van der Waals surface area contributed by atoms with Crippen LogP contribution in [0.15, 0.2) is 72.8 Å². The molecule has 4 rings (SSSR count). The van der Waals surface area contributed by atoms with Crippen molar-refractivity contribution in [2.45, 2.75) is 25.7 Å². The third kappa shape index (κ3) is 5.51. The fourth-order valence-corrected chi connectivity index (χ4v) is 5.31. The molecule has 0 unspecified atom stereocenters. The molecule has 0 aromatic heterocycles. The number of sulfonamides is 1. The van der Waals surface area contributed by atoms with Crippen LogP contribution in [-0.2, 0) is 20.6 Å². The maximum absolute atomic E-state index is 13.3. The van der Waals surface area contributed by atoms with Crippen LogP contribution >= 0.6 is 0 Å². The van der Waals surface area contributed by atoms with Crippen molar-refractivity contribution in [3.8, 4) is 11.5 Å². The molecule has 8 heteroatoms. The Morgan fingerprint density at radius 3 is 2.53 bits per heavy atom. The Kier molecular flexibility index (Phi) is 7.07. The van der Waals surface area contributed by atoms with Gasteiger partial charge in [0, 0.05) is 0 Å². The van der Waals surface area contributed by atoms with E-state index in [2.05, 4.69) is 5.32 Å². The number of amides is 1. The van der Waals surface area contributed by atoms with Crippen LogP contribution < -0.4 is 19.1 Å². The van der Waals surface area contributed by atoms with E-state index in [4.69, 9.17) is 9.47 Å². The first kappa shape index (κ1) is 23.6. The second-order valence-electron chi connectivity index (χ2n) is 8.23. The molecule has 3 aromatic rings. The van der Waals surface area contributed by atoms with Gasteiger partial charge in [-0.3, -0.25) is 9.10 Å². The second-order valence-corrected chi connectivity index (χ2v) is 10.1. The van der Waals surface area contributed by atoms with Gasteiger partial charge in [0.05, 0.1) is 24.5 Å². The highest BCUT2D eigenvalue weighted by Crippen LogP contribution is 2.35. The first-order valence-electron chi connectivity index (χ1n) is 11.1. The lowest BCUT2D eigenvalue weighted by atomic mass is 10.1. The highest BCUT2D eigenvalue weighted by atomic mass is 32.2. The summed E-state index contributed by atoms with van der Waals surface area (Å²) in [4.78, 5) is 12.8. The van der Waals surface area contributed by atoms with E-state index in [1.165, 1.54) is 9.87 Å². The fraction of sp³-hybridized carbons (Fsp3) is 0.269. The Bertz CT molecular complexity index is 1260. The molecule has 1 amide bonds. The van der Waals surface area contributed by atoms with Crippen molar-refractivity contribution in [3.05, 3.63) is 89.5 Å². The maximum atomic E-state index is 13.3. The van der Waals surface area contributed by atoms with Crippen molar-refractivity contribution >= 4 is 21.6 Å². The second kappa shape index (κ2) is 10.2. The number of benzene rings is 3. The molecule has 0 bridgehead atoms. The van der Waals surface area contributed by atoms with Crippen molar-refractivity contribution in [3.63, 3.8) is 0 Å². The van der Waals surface area contributed by atoms with Crippen LogP contribution in [0.25, 0.3) is 0 Å². The number of nitrogens with one attached hydrogen (secondary N) is 1.